The van der Waals surface area contributed by atoms with Crippen LogP contribution in [0.4, 0.5) is 15.3 Å². The Balaban J connectivity index is 2.65. The molecule has 12 heteroatoms. The van der Waals surface area contributed by atoms with Crippen molar-refractivity contribution in [1.82, 2.24) is 16.1 Å². The van der Waals surface area contributed by atoms with E-state index < -0.39 is 29.6 Å². The van der Waals surface area contributed by atoms with Gasteiger partial charge < -0.3 is 26.4 Å². The van der Waals surface area contributed by atoms with Crippen LogP contribution in [0.2, 0.25) is 0 Å². The van der Waals surface area contributed by atoms with Crippen molar-refractivity contribution < 1.29 is 23.9 Å². The summed E-state index contributed by atoms with van der Waals surface area (Å²) in [6.07, 6.45) is 0.710. The molecule has 1 aromatic carbocycles. The molecule has 0 fully saturated rings. The Kier molecular flexibility index (Phi) is 10.5. The Hall–Kier alpha value is -2.75. The Morgan fingerprint density at radius 2 is 1.82 bits per heavy atom. The second-order valence-corrected chi connectivity index (χ2v) is 6.20. The van der Waals surface area contributed by atoms with Crippen LogP contribution in [-0.4, -0.2) is 42.7 Å². The maximum atomic E-state index is 12.5. The Bertz CT molecular complexity index is 685. The largest absolute Gasteiger partial charge is 0.458 e. The molecule has 0 aliphatic carbocycles. The molecule has 4 amide bonds. The molecule has 1 rings (SSSR count). The van der Waals surface area contributed by atoms with E-state index in [1.54, 1.807) is 24.3 Å². The highest BCUT2D eigenvalue weighted by atomic mass is 31.0. The van der Waals surface area contributed by atoms with Crippen LogP contribution in [0.5, 0.6) is 0 Å². The van der Waals surface area contributed by atoms with Crippen molar-refractivity contribution in [3.8, 4) is 0 Å². The van der Waals surface area contributed by atoms with E-state index in [1.807, 2.05) is 9.24 Å². The van der Waals surface area contributed by atoms with Crippen LogP contribution in [0, 0.1) is 0 Å². The SMILES string of the molecule is NNCC(=O)NC(CCCNC(N)=O)C(=O)Nc1ccc(COC(=O)P)cc1. The number of benzene rings is 1. The van der Waals surface area contributed by atoms with Crippen LogP contribution in [0.15, 0.2) is 24.3 Å². The van der Waals surface area contributed by atoms with E-state index in [9.17, 15) is 19.2 Å². The van der Waals surface area contributed by atoms with Crippen molar-refractivity contribution in [3.05, 3.63) is 29.8 Å². The van der Waals surface area contributed by atoms with Gasteiger partial charge in [-0.15, -0.1) is 0 Å². The minimum Gasteiger partial charge on any atom is -0.458 e. The first-order chi connectivity index (χ1) is 13.3. The Labute approximate surface area is 164 Å². The Morgan fingerprint density at radius 1 is 1.14 bits per heavy atom. The van der Waals surface area contributed by atoms with Gasteiger partial charge in [-0.05, 0) is 39.8 Å². The molecule has 8 N–H and O–H groups in total. The third-order valence-electron chi connectivity index (χ3n) is 3.49. The number of carbonyl (C=O) groups excluding carboxylic acids is 4. The summed E-state index contributed by atoms with van der Waals surface area (Å²) in [4.78, 5) is 45.8. The molecule has 1 aromatic rings. The first kappa shape index (κ1) is 23.3. The van der Waals surface area contributed by atoms with Gasteiger partial charge in [-0.3, -0.25) is 20.9 Å². The van der Waals surface area contributed by atoms with Crippen molar-refractivity contribution in [2.24, 2.45) is 11.6 Å². The van der Waals surface area contributed by atoms with E-state index in [2.05, 4.69) is 21.4 Å². The number of rotatable bonds is 11. The molecule has 154 valence electrons. The lowest BCUT2D eigenvalue weighted by molar-refractivity contribution is -0.126. The normalized spacial score (nSPS) is 11.2. The summed E-state index contributed by atoms with van der Waals surface area (Å²) in [7, 11) is 1.92. The molecule has 0 aromatic heterocycles. The number of primary amides is 1. The number of amides is 4. The van der Waals surface area contributed by atoms with Gasteiger partial charge in [-0.2, -0.15) is 0 Å². The lowest BCUT2D eigenvalue weighted by Gasteiger charge is -2.18. The van der Waals surface area contributed by atoms with E-state index in [0.717, 1.165) is 5.56 Å². The summed E-state index contributed by atoms with van der Waals surface area (Å²) in [6.45, 7) is 0.244. The average Bonchev–Trinajstić information content (AvgIpc) is 2.63. The van der Waals surface area contributed by atoms with Gasteiger partial charge in [0.2, 0.25) is 11.8 Å². The maximum absolute atomic E-state index is 12.5. The van der Waals surface area contributed by atoms with Gasteiger partial charge in [0.25, 0.3) is 0 Å². The fourth-order valence-electron chi connectivity index (χ4n) is 2.19. The van der Waals surface area contributed by atoms with Gasteiger partial charge in [0.15, 0.2) is 0 Å². The zero-order valence-electron chi connectivity index (χ0n) is 15.2. The van der Waals surface area contributed by atoms with Crippen LogP contribution in [0.3, 0.4) is 0 Å². The number of anilines is 1. The lowest BCUT2D eigenvalue weighted by Crippen LogP contribution is -2.48. The molecular formula is C16H25N6O5P. The molecular weight excluding hydrogens is 387 g/mol. The van der Waals surface area contributed by atoms with E-state index >= 15 is 0 Å². The summed E-state index contributed by atoms with van der Waals surface area (Å²) < 4.78 is 4.86. The summed E-state index contributed by atoms with van der Waals surface area (Å²) in [6, 6.07) is 5.22. The number of hydrogen-bond acceptors (Lipinski definition) is 7. The second-order valence-electron chi connectivity index (χ2n) is 5.73. The minimum atomic E-state index is -0.826. The zero-order chi connectivity index (χ0) is 20.9. The molecule has 2 unspecified atom stereocenters. The van der Waals surface area contributed by atoms with Crippen LogP contribution < -0.4 is 33.0 Å². The van der Waals surface area contributed by atoms with Crippen LogP contribution >= 0.6 is 9.24 Å². The maximum Gasteiger partial charge on any atom is 0.320 e. The van der Waals surface area contributed by atoms with Crippen molar-refractivity contribution >= 4 is 38.5 Å². The summed E-state index contributed by atoms with van der Waals surface area (Å²) in [5, 5.41) is 7.69. The van der Waals surface area contributed by atoms with Gasteiger partial charge in [0, 0.05) is 12.2 Å². The molecule has 11 nitrogen and oxygen atoms in total. The molecule has 0 aliphatic rings. The monoisotopic (exact) mass is 412 g/mol. The van der Waals surface area contributed by atoms with Gasteiger partial charge in [0.05, 0.1) is 6.54 Å². The van der Waals surface area contributed by atoms with Crippen molar-refractivity contribution in [2.75, 3.05) is 18.4 Å². The number of hydrogen-bond donors (Lipinski definition) is 6. The number of urea groups is 1. The summed E-state index contributed by atoms with van der Waals surface area (Å²) >= 11 is 0. The molecule has 0 radical (unpaired) electrons. The molecule has 0 bridgehead atoms. The first-order valence-electron chi connectivity index (χ1n) is 8.40. The summed E-state index contributed by atoms with van der Waals surface area (Å²) in [5.74, 6) is 4.24. The number of carbonyl (C=O) groups is 4. The van der Waals surface area contributed by atoms with Gasteiger partial charge >= 0.3 is 11.7 Å². The fraction of sp³-hybridized carbons (Fsp3) is 0.375. The Morgan fingerprint density at radius 3 is 2.39 bits per heavy atom. The van der Waals surface area contributed by atoms with E-state index in [1.165, 1.54) is 0 Å². The van der Waals surface area contributed by atoms with E-state index in [4.69, 9.17) is 16.3 Å². The highest BCUT2D eigenvalue weighted by Gasteiger charge is 2.20. The second kappa shape index (κ2) is 12.6. The van der Waals surface area contributed by atoms with E-state index in [-0.39, 0.29) is 26.1 Å². The van der Waals surface area contributed by atoms with Crippen molar-refractivity contribution in [1.29, 1.82) is 0 Å². The number of hydrazine groups is 1. The quantitative estimate of drug-likeness (QED) is 0.123. The predicted octanol–water partition coefficient (Wildman–Crippen LogP) is -0.467. The van der Waals surface area contributed by atoms with Crippen LogP contribution in [0.25, 0.3) is 0 Å². The molecule has 0 aliphatic heterocycles. The number of nitrogens with one attached hydrogen (secondary N) is 4. The number of ether oxygens (including phenoxy) is 1. The van der Waals surface area contributed by atoms with Crippen molar-refractivity contribution in [2.45, 2.75) is 25.5 Å². The molecule has 0 saturated carbocycles. The van der Waals surface area contributed by atoms with Gasteiger partial charge in [0.1, 0.15) is 12.6 Å². The average molecular weight is 412 g/mol. The fourth-order valence-corrected chi connectivity index (χ4v) is 2.28. The molecule has 0 spiro atoms. The highest BCUT2D eigenvalue weighted by molar-refractivity contribution is 7.39. The summed E-state index contributed by atoms with van der Waals surface area (Å²) in [5.41, 5.74) is 8.01. The third kappa shape index (κ3) is 9.81. The standard InChI is InChI=1S/C16H25N6O5P/c17-15(25)19-7-1-2-12(22-13(23)8-20-18)14(24)21-11-5-3-10(4-6-11)9-27-16(26)28/h3-6,12,20H,1-2,7-9,18,28H2,(H,21,24)(H,22,23)(H3,17,19,25). The molecule has 28 heavy (non-hydrogen) atoms. The third-order valence-corrected chi connectivity index (χ3v) is 3.65. The molecule has 0 heterocycles. The van der Waals surface area contributed by atoms with Gasteiger partial charge in [-0.1, -0.05) is 12.1 Å². The van der Waals surface area contributed by atoms with Crippen molar-refractivity contribution in [3.63, 3.8) is 0 Å². The topological polar surface area (TPSA) is 178 Å². The lowest BCUT2D eigenvalue weighted by atomic mass is 10.1. The number of nitrogens with two attached hydrogens (primary N) is 2. The minimum absolute atomic E-state index is 0.119. The molecule has 0 saturated heterocycles. The highest BCUT2D eigenvalue weighted by Crippen LogP contribution is 2.12. The molecule has 2 atom stereocenters. The van der Waals surface area contributed by atoms with Gasteiger partial charge in [-0.25, -0.2) is 9.59 Å². The van der Waals surface area contributed by atoms with E-state index in [0.29, 0.717) is 12.1 Å². The smallest absolute Gasteiger partial charge is 0.320 e. The predicted molar refractivity (Wildman–Crippen MR) is 106 cm³/mol. The first-order valence-corrected chi connectivity index (χ1v) is 8.97. The van der Waals surface area contributed by atoms with Crippen LogP contribution in [-0.2, 0) is 20.9 Å². The van der Waals surface area contributed by atoms with Crippen LogP contribution in [0.1, 0.15) is 18.4 Å². The zero-order valence-corrected chi connectivity index (χ0v) is 16.4.